The zero-order chi connectivity index (χ0) is 20.9. The monoisotopic (exact) mass is 416 g/mol. The van der Waals surface area contributed by atoms with E-state index in [0.29, 0.717) is 10.9 Å². The number of anilines is 1. The van der Waals surface area contributed by atoms with Crippen LogP contribution >= 0.6 is 11.3 Å². The number of carbonyl (C=O) groups excluding carboxylic acids is 1. The topological polar surface area (TPSA) is 69.0 Å². The second-order valence-corrected chi connectivity index (χ2v) is 7.40. The molecule has 0 saturated carbocycles. The van der Waals surface area contributed by atoms with Crippen molar-refractivity contribution in [2.24, 2.45) is 0 Å². The van der Waals surface area contributed by atoms with Crippen LogP contribution in [0.4, 0.5) is 5.82 Å². The van der Waals surface area contributed by atoms with Gasteiger partial charge in [0.1, 0.15) is 11.6 Å². The van der Waals surface area contributed by atoms with Crippen LogP contribution in [-0.2, 0) is 4.79 Å². The van der Waals surface area contributed by atoms with Crippen molar-refractivity contribution in [3.63, 3.8) is 0 Å². The van der Waals surface area contributed by atoms with Crippen LogP contribution in [0.1, 0.15) is 11.3 Å². The molecule has 7 heteroatoms. The molecule has 2 aromatic heterocycles. The van der Waals surface area contributed by atoms with Crippen molar-refractivity contribution in [2.75, 3.05) is 12.4 Å². The highest BCUT2D eigenvalue weighted by Crippen LogP contribution is 2.28. The second-order valence-electron chi connectivity index (χ2n) is 6.56. The van der Waals surface area contributed by atoms with Crippen molar-refractivity contribution < 1.29 is 9.53 Å². The summed E-state index contributed by atoms with van der Waals surface area (Å²) in [6, 6.07) is 19.2. The smallest absolute Gasteiger partial charge is 0.249 e. The van der Waals surface area contributed by atoms with E-state index in [4.69, 9.17) is 9.72 Å². The van der Waals surface area contributed by atoms with E-state index < -0.39 is 0 Å². The molecule has 4 aromatic rings. The highest BCUT2D eigenvalue weighted by atomic mass is 32.1. The molecule has 2 heterocycles. The Hall–Kier alpha value is -3.71. The average molecular weight is 417 g/mol. The molecule has 4 rings (SSSR count). The Morgan fingerprint density at radius 2 is 1.97 bits per heavy atom. The molecule has 0 spiro atoms. The lowest BCUT2D eigenvalue weighted by Gasteiger charge is -2.04. The van der Waals surface area contributed by atoms with Crippen LogP contribution in [0.3, 0.4) is 0 Å². The summed E-state index contributed by atoms with van der Waals surface area (Å²) in [7, 11) is 1.64. The van der Waals surface area contributed by atoms with Gasteiger partial charge in [0.2, 0.25) is 11.0 Å². The zero-order valence-electron chi connectivity index (χ0n) is 16.6. The molecule has 2 aromatic carbocycles. The molecule has 0 saturated heterocycles. The SMILES string of the molecule is COc1cccc(-c2csc(-n3nc(C)cc3NC(=O)/C=C\c3ccccc3)n2)c1. The molecule has 0 aliphatic heterocycles. The lowest BCUT2D eigenvalue weighted by atomic mass is 10.2. The number of hydrogen-bond acceptors (Lipinski definition) is 5. The van der Waals surface area contributed by atoms with Gasteiger partial charge in [0, 0.05) is 23.1 Å². The van der Waals surface area contributed by atoms with Gasteiger partial charge in [-0.2, -0.15) is 9.78 Å². The average Bonchev–Trinajstić information content (AvgIpc) is 3.40. The number of methoxy groups -OCH3 is 1. The van der Waals surface area contributed by atoms with Crippen LogP contribution < -0.4 is 10.1 Å². The standard InChI is InChI=1S/C23H20N4O2S/c1-16-13-21(25-22(28)12-11-17-7-4-3-5-8-17)27(26-16)23-24-20(15-30-23)18-9-6-10-19(14-18)29-2/h3-15H,1-2H3,(H,25,28)/b12-11-. The van der Waals surface area contributed by atoms with Crippen LogP contribution in [0.15, 0.2) is 72.1 Å². The van der Waals surface area contributed by atoms with Gasteiger partial charge in [0.05, 0.1) is 18.5 Å². The molecule has 0 aliphatic carbocycles. The maximum atomic E-state index is 12.4. The molecule has 0 unspecified atom stereocenters. The summed E-state index contributed by atoms with van der Waals surface area (Å²) >= 11 is 1.45. The van der Waals surface area contributed by atoms with Crippen LogP contribution in [0.2, 0.25) is 0 Å². The van der Waals surface area contributed by atoms with Crippen LogP contribution in [0, 0.1) is 6.92 Å². The van der Waals surface area contributed by atoms with Gasteiger partial charge in [-0.1, -0.05) is 42.5 Å². The fraction of sp³-hybridized carbons (Fsp3) is 0.0870. The van der Waals surface area contributed by atoms with E-state index in [0.717, 1.165) is 28.3 Å². The first kappa shape index (κ1) is 19.6. The summed E-state index contributed by atoms with van der Waals surface area (Å²) in [6.45, 7) is 1.88. The van der Waals surface area contributed by atoms with Crippen molar-refractivity contribution in [2.45, 2.75) is 6.92 Å². The number of nitrogens with zero attached hydrogens (tertiary/aromatic N) is 3. The lowest BCUT2D eigenvalue weighted by molar-refractivity contribution is -0.111. The molecule has 0 atom stereocenters. The molecule has 0 aliphatic rings. The normalized spacial score (nSPS) is 11.0. The third kappa shape index (κ3) is 4.47. The third-order valence-electron chi connectivity index (χ3n) is 4.35. The minimum Gasteiger partial charge on any atom is -0.497 e. The summed E-state index contributed by atoms with van der Waals surface area (Å²) in [6.07, 6.45) is 3.28. The van der Waals surface area contributed by atoms with E-state index in [2.05, 4.69) is 10.4 Å². The van der Waals surface area contributed by atoms with Crippen molar-refractivity contribution in [1.82, 2.24) is 14.8 Å². The predicted octanol–water partition coefficient (Wildman–Crippen LogP) is 4.96. The number of hydrogen-bond donors (Lipinski definition) is 1. The fourth-order valence-corrected chi connectivity index (χ4v) is 3.71. The van der Waals surface area contributed by atoms with Crippen molar-refractivity contribution in [3.8, 4) is 22.1 Å². The first-order chi connectivity index (χ1) is 14.6. The summed E-state index contributed by atoms with van der Waals surface area (Å²) in [5, 5.41) is 10.0. The van der Waals surface area contributed by atoms with Crippen LogP contribution in [-0.4, -0.2) is 27.8 Å². The van der Waals surface area contributed by atoms with Gasteiger partial charge in [0.25, 0.3) is 0 Å². The Balaban J connectivity index is 1.55. The van der Waals surface area contributed by atoms with E-state index in [1.807, 2.05) is 73.0 Å². The number of benzene rings is 2. The number of rotatable bonds is 6. The fourth-order valence-electron chi connectivity index (χ4n) is 2.91. The Morgan fingerprint density at radius 1 is 1.13 bits per heavy atom. The van der Waals surface area contributed by atoms with Gasteiger partial charge < -0.3 is 10.1 Å². The highest BCUT2D eigenvalue weighted by Gasteiger charge is 2.14. The minimum atomic E-state index is -0.232. The number of aryl methyl sites for hydroxylation is 1. The molecular weight excluding hydrogens is 396 g/mol. The first-order valence-electron chi connectivity index (χ1n) is 9.33. The van der Waals surface area contributed by atoms with Gasteiger partial charge in [-0.3, -0.25) is 4.79 Å². The predicted molar refractivity (Wildman–Crippen MR) is 120 cm³/mol. The Morgan fingerprint density at radius 3 is 2.77 bits per heavy atom. The Bertz CT molecular complexity index is 1190. The van der Waals surface area contributed by atoms with E-state index in [-0.39, 0.29) is 5.91 Å². The van der Waals surface area contributed by atoms with E-state index in [9.17, 15) is 4.79 Å². The molecule has 0 radical (unpaired) electrons. The van der Waals surface area contributed by atoms with Gasteiger partial charge in [-0.25, -0.2) is 4.98 Å². The number of ether oxygens (including phenoxy) is 1. The van der Waals surface area contributed by atoms with E-state index in [1.54, 1.807) is 17.9 Å². The summed E-state index contributed by atoms with van der Waals surface area (Å²) in [4.78, 5) is 17.1. The summed E-state index contributed by atoms with van der Waals surface area (Å²) in [5.74, 6) is 1.11. The van der Waals surface area contributed by atoms with Gasteiger partial charge in [-0.05, 0) is 30.7 Å². The van der Waals surface area contributed by atoms with Gasteiger partial charge in [-0.15, -0.1) is 11.3 Å². The number of thiazole rings is 1. The largest absolute Gasteiger partial charge is 0.497 e. The zero-order valence-corrected chi connectivity index (χ0v) is 17.4. The first-order valence-corrected chi connectivity index (χ1v) is 10.2. The minimum absolute atomic E-state index is 0.232. The number of amides is 1. The number of aromatic nitrogens is 3. The number of carbonyl (C=O) groups is 1. The molecule has 1 N–H and O–H groups in total. The van der Waals surface area contributed by atoms with Crippen molar-refractivity contribution in [1.29, 1.82) is 0 Å². The van der Waals surface area contributed by atoms with E-state index in [1.165, 1.54) is 17.4 Å². The second kappa shape index (κ2) is 8.75. The Kier molecular flexibility index (Phi) is 5.72. The third-order valence-corrected chi connectivity index (χ3v) is 5.16. The van der Waals surface area contributed by atoms with Crippen LogP contribution in [0.5, 0.6) is 5.75 Å². The Labute approximate surface area is 178 Å². The molecule has 0 fully saturated rings. The summed E-state index contributed by atoms with van der Waals surface area (Å²) in [5.41, 5.74) is 3.52. The molecule has 30 heavy (non-hydrogen) atoms. The molecule has 150 valence electrons. The quantitative estimate of drug-likeness (QED) is 0.451. The molecular formula is C23H20N4O2S. The van der Waals surface area contributed by atoms with Crippen molar-refractivity contribution in [3.05, 3.63) is 83.4 Å². The van der Waals surface area contributed by atoms with Crippen molar-refractivity contribution >= 4 is 29.1 Å². The maximum Gasteiger partial charge on any atom is 0.249 e. The summed E-state index contributed by atoms with van der Waals surface area (Å²) < 4.78 is 6.94. The van der Waals surface area contributed by atoms with Crippen LogP contribution in [0.25, 0.3) is 22.5 Å². The maximum absolute atomic E-state index is 12.4. The molecule has 1 amide bonds. The molecule has 0 bridgehead atoms. The van der Waals surface area contributed by atoms with Gasteiger partial charge >= 0.3 is 0 Å². The van der Waals surface area contributed by atoms with E-state index >= 15 is 0 Å². The van der Waals surface area contributed by atoms with Gasteiger partial charge in [0.15, 0.2) is 0 Å². The lowest BCUT2D eigenvalue weighted by Crippen LogP contribution is -2.12. The number of nitrogens with one attached hydrogen (secondary N) is 1. The molecule has 6 nitrogen and oxygen atoms in total. The highest BCUT2D eigenvalue weighted by molar-refractivity contribution is 7.12.